The Bertz CT molecular complexity index is 6100. The predicted molar refractivity (Wildman–Crippen MR) is 472 cm³/mol. The molecule has 668 valence electrons. The van der Waals surface area contributed by atoms with Gasteiger partial charge in [-0.2, -0.15) is 10.5 Å². The van der Waals surface area contributed by atoms with Crippen LogP contribution >= 0.6 is 0 Å². The van der Waals surface area contributed by atoms with Crippen LogP contribution in [0.25, 0.3) is 68.8 Å². The lowest BCUT2D eigenvalue weighted by Crippen LogP contribution is -2.69. The number of benzene rings is 4. The number of halogens is 2. The van der Waals surface area contributed by atoms with Gasteiger partial charge in [-0.3, -0.25) is 19.9 Å². The number of cyclic esters (lactones) is 4. The molecule has 8 aromatic rings. The number of ether oxygens (including phenoxy) is 8. The first kappa shape index (κ1) is 88.3. The maximum atomic E-state index is 14.1. The number of nitrogens with one attached hydrogen (secondary N) is 4. The number of amides is 4. The number of pyridine rings is 4. The summed E-state index contributed by atoms with van der Waals surface area (Å²) < 4.78 is 72.5. The molecule has 4 aromatic carbocycles. The molecule has 8 aliphatic heterocycles. The molecule has 12 aliphatic rings. The van der Waals surface area contributed by atoms with Gasteiger partial charge >= 0.3 is 48.3 Å². The van der Waals surface area contributed by atoms with E-state index >= 15 is 0 Å². The number of carbonyl (C=O) groups is 8. The molecule has 4 aliphatic carbocycles. The average Bonchev–Trinajstić information content (AvgIpc) is 1.53. The van der Waals surface area contributed by atoms with Gasteiger partial charge in [0.1, 0.15) is 58.2 Å². The molecule has 28 heteroatoms. The topological polar surface area (TPSA) is 358 Å². The zero-order valence-electron chi connectivity index (χ0n) is 73.8. The second kappa shape index (κ2) is 33.4. The Balaban J connectivity index is 0.000000121. The quantitative estimate of drug-likeness (QED) is 0.0652. The second-order valence-corrected chi connectivity index (χ2v) is 37.0. The molecule has 4 amide bonds. The summed E-state index contributed by atoms with van der Waals surface area (Å²) in [5.41, 5.74) is 1.39. The third-order valence-corrected chi connectivity index (χ3v) is 30.5. The van der Waals surface area contributed by atoms with Crippen LogP contribution in [0.4, 0.5) is 28.0 Å². The molecule has 4 N–H and O–H groups in total. The molecule has 0 spiro atoms. The molecule has 24 atom stereocenters. The van der Waals surface area contributed by atoms with Gasteiger partial charge in [0.15, 0.2) is 0 Å². The van der Waals surface area contributed by atoms with Crippen LogP contribution in [0.5, 0.6) is 0 Å². The van der Waals surface area contributed by atoms with Gasteiger partial charge in [-0.05, 0) is 171 Å². The highest BCUT2D eigenvalue weighted by Gasteiger charge is 2.83. The summed E-state index contributed by atoms with van der Waals surface area (Å²) in [6.07, 6.45) is 19.9. The van der Waals surface area contributed by atoms with Crippen molar-refractivity contribution in [2.75, 3.05) is 0 Å². The minimum Gasteiger partial charge on any atom is -0.457 e. The van der Waals surface area contributed by atoms with Crippen molar-refractivity contribution in [2.24, 2.45) is 71.0 Å². The normalized spacial score (nSPS) is 35.2. The number of esters is 4. The van der Waals surface area contributed by atoms with E-state index in [0.717, 1.165) is 50.5 Å². The Kier molecular flexibility index (Phi) is 22.7. The maximum absolute atomic E-state index is 14.1. The van der Waals surface area contributed by atoms with Crippen LogP contribution in [0.2, 0.25) is 0 Å². The van der Waals surface area contributed by atoms with Crippen LogP contribution in [-0.2, 0) is 57.1 Å². The van der Waals surface area contributed by atoms with Crippen LogP contribution in [0.3, 0.4) is 0 Å². The van der Waals surface area contributed by atoms with E-state index in [1.165, 1.54) is 18.2 Å². The third kappa shape index (κ3) is 13.9. The van der Waals surface area contributed by atoms with Crippen molar-refractivity contribution in [3.8, 4) is 56.6 Å². The molecule has 130 heavy (non-hydrogen) atoms. The first-order valence-corrected chi connectivity index (χ1v) is 44.1. The molecule has 0 unspecified atom stereocenters. The van der Waals surface area contributed by atoms with Crippen LogP contribution in [-0.4, -0.2) is 137 Å². The lowest BCUT2D eigenvalue weighted by atomic mass is 9.55. The number of carbonyl (C=O) groups excluding carboxylic acids is 8. The van der Waals surface area contributed by atoms with E-state index in [-0.39, 0.29) is 82.6 Å². The van der Waals surface area contributed by atoms with E-state index in [1.807, 2.05) is 160 Å². The summed E-state index contributed by atoms with van der Waals surface area (Å²) in [5, 5.41) is 30.4. The monoisotopic (exact) mass is 1760 g/mol. The standard InChI is InChI=1S/2C26H25N3O4.2C25H25FN2O4/c1-15-12-25-23(30)32-17(3)26(25,29-24(31)33-25)22(16(15)2)10-9-21-8-7-20(14-28-21)19-6-4-5-18(11-19)13-27;1-15-12-25-23(30)32-17(3)26(25,29-24(31)33-25)22(16(15)2)11-10-20-9-8-19(14-28-20)21-7-5-4-6-18(21)13-27;1-14-12-24-22(29)31-16(3)25(24,28-23(30)32-24)21(15(14)2)10-9-20-8-7-18(13-27-20)17-5-4-6-19(26)11-17;1-14-12-24-22(29)31-16(3)25(24,28-23(30)32-24)20(15(14)2)11-10-18-9-8-17(13-27-18)19-6-4-5-7-21(19)26/h2*4-11,14-17,22H,12H2,1-3H3,(H,29,31);4-11,13-16,21H,12H2,1-3H3,(H,28,30);4-11,13-16,20H,12H2,1-3H3,(H,28,30)/b10-9+;11-10+;10-9+;11-10+/t2*15-,16+,17+,22-,25+,26+;14-,15+,16+,21-,24+,25+;14-,15+,16+,20-,24+,25+/m0000/s1. The van der Waals surface area contributed by atoms with E-state index in [2.05, 4.69) is 109 Å². The molecule has 4 aromatic heterocycles. The zero-order valence-corrected chi connectivity index (χ0v) is 73.8. The second-order valence-electron chi connectivity index (χ2n) is 37.0. The highest BCUT2D eigenvalue weighted by atomic mass is 19.1. The Hall–Kier alpha value is -13.8. The van der Waals surface area contributed by atoms with Gasteiger partial charge < -0.3 is 59.2 Å². The first-order valence-electron chi connectivity index (χ1n) is 44.1. The smallest absolute Gasteiger partial charge is 0.409 e. The van der Waals surface area contributed by atoms with Gasteiger partial charge in [0.2, 0.25) is 22.4 Å². The van der Waals surface area contributed by atoms with Crippen LogP contribution in [0, 0.1) is 105 Å². The van der Waals surface area contributed by atoms with Crippen molar-refractivity contribution in [1.29, 1.82) is 10.5 Å². The number of rotatable bonds is 12. The lowest BCUT2D eigenvalue weighted by Gasteiger charge is -2.49. The number of hydrogen-bond acceptors (Lipinski definition) is 22. The zero-order chi connectivity index (χ0) is 92.1. The Morgan fingerprint density at radius 3 is 0.969 bits per heavy atom. The number of nitrogens with zero attached hydrogens (tertiary/aromatic N) is 6. The average molecular weight is 1760 g/mol. The van der Waals surface area contributed by atoms with Crippen molar-refractivity contribution >= 4 is 72.6 Å². The van der Waals surface area contributed by atoms with Crippen molar-refractivity contribution < 1.29 is 85.0 Å². The minimum atomic E-state index is -1.31. The maximum Gasteiger partial charge on any atom is 0.409 e. The van der Waals surface area contributed by atoms with Crippen molar-refractivity contribution in [3.63, 3.8) is 0 Å². The van der Waals surface area contributed by atoms with E-state index < -0.39 is 117 Å². The van der Waals surface area contributed by atoms with Gasteiger partial charge in [0.05, 0.1) is 46.0 Å². The summed E-state index contributed by atoms with van der Waals surface area (Å²) in [7, 11) is 0. The molecule has 20 rings (SSSR count). The molecule has 4 saturated carbocycles. The Morgan fingerprint density at radius 2 is 0.654 bits per heavy atom. The van der Waals surface area contributed by atoms with Crippen molar-refractivity contribution in [3.05, 3.63) is 240 Å². The molecule has 12 heterocycles. The summed E-state index contributed by atoms with van der Waals surface area (Å²) in [4.78, 5) is 119. The largest absolute Gasteiger partial charge is 0.457 e. The molecule has 12 fully saturated rings. The fraction of sp³-hybridized carbons (Fsp3) is 0.392. The van der Waals surface area contributed by atoms with Crippen LogP contribution in [0.15, 0.2) is 195 Å². The highest BCUT2D eigenvalue weighted by molar-refractivity contribution is 5.96. The molecule has 8 saturated heterocycles. The summed E-state index contributed by atoms with van der Waals surface area (Å²) in [5.74, 6) is -1.95. The first-order chi connectivity index (χ1) is 62.2. The number of alkyl carbamates (subject to hydrolysis) is 4. The van der Waals surface area contributed by atoms with E-state index in [9.17, 15) is 52.4 Å². The molecule has 26 nitrogen and oxygen atoms in total. The minimum absolute atomic E-state index is 0.139. The molecular formula is C102H100F2N10O16. The van der Waals surface area contributed by atoms with Gasteiger partial charge in [-0.1, -0.05) is 165 Å². The number of nitriles is 2. The molecule has 0 bridgehead atoms. The molecular weight excluding hydrogens is 1660 g/mol. The lowest BCUT2D eigenvalue weighted by molar-refractivity contribution is -0.158. The van der Waals surface area contributed by atoms with Crippen molar-refractivity contribution in [1.82, 2.24) is 41.2 Å². The van der Waals surface area contributed by atoms with E-state index in [0.29, 0.717) is 53.6 Å². The Labute approximate surface area is 751 Å². The summed E-state index contributed by atoms with van der Waals surface area (Å²) in [6, 6.07) is 47.2. The van der Waals surface area contributed by atoms with Gasteiger partial charge in [-0.25, -0.2) is 47.1 Å². The fourth-order valence-corrected chi connectivity index (χ4v) is 23.2. The SMILES string of the molecule is C[C@@H]1[C@@H](C)C[C@]23OC(=O)N[C@]2([C@@H](C)OC3=O)[C@H]1/C=C/c1ccc(-c2cccc(C#N)c2)cn1.C[C@@H]1[C@@H](C)C[C@]23OC(=O)N[C@]2([C@@H](C)OC3=O)[C@H]1/C=C/c1ccc(-c2cccc(F)c2)cn1.C[C@@H]1[C@@H](C)C[C@]23OC(=O)N[C@]2([C@@H](C)OC3=O)[C@H]1/C=C/c1ccc(-c2ccccc2C#N)cn1.C[C@@H]1[C@@H](C)C[C@]23OC(=O)N[C@]2([C@@H](C)OC3=O)[C@H]1/C=C/c1ccc(-c2ccccc2F)cn1. The van der Waals surface area contributed by atoms with Gasteiger partial charge in [0.25, 0.3) is 0 Å². The predicted octanol–water partition coefficient (Wildman–Crippen LogP) is 16.9. The highest BCUT2D eigenvalue weighted by Crippen LogP contribution is 2.63. The van der Waals surface area contributed by atoms with Crippen LogP contribution < -0.4 is 21.3 Å². The number of hydrogen-bond donors (Lipinski definition) is 4. The fourth-order valence-electron chi connectivity index (χ4n) is 23.2. The van der Waals surface area contributed by atoms with Gasteiger partial charge in [0, 0.05) is 108 Å². The number of aromatic nitrogens is 4. The van der Waals surface area contributed by atoms with Crippen LogP contribution in [0.1, 0.15) is 143 Å². The van der Waals surface area contributed by atoms with Crippen molar-refractivity contribution in [2.45, 2.75) is 178 Å². The molecule has 0 radical (unpaired) electrons. The summed E-state index contributed by atoms with van der Waals surface area (Å²) >= 11 is 0. The van der Waals surface area contributed by atoms with Gasteiger partial charge in [-0.15, -0.1) is 0 Å². The summed E-state index contributed by atoms with van der Waals surface area (Å²) in [6.45, 7) is 24.0. The Morgan fingerprint density at radius 1 is 0.346 bits per heavy atom. The van der Waals surface area contributed by atoms with E-state index in [1.54, 1.807) is 68.1 Å². The third-order valence-electron chi connectivity index (χ3n) is 30.5. The van der Waals surface area contributed by atoms with E-state index in [4.69, 9.17) is 43.2 Å².